The van der Waals surface area contributed by atoms with Crippen molar-refractivity contribution < 1.29 is 4.92 Å². The van der Waals surface area contributed by atoms with Crippen LogP contribution in [0, 0.1) is 10.1 Å². The molecule has 3 heterocycles. The summed E-state index contributed by atoms with van der Waals surface area (Å²) in [5.74, 6) is 1.77. The van der Waals surface area contributed by atoms with Crippen LogP contribution in [-0.2, 0) is 0 Å². The Morgan fingerprint density at radius 3 is 1.97 bits per heavy atom. The van der Waals surface area contributed by atoms with Crippen LogP contribution < -0.4 is 15.2 Å². The van der Waals surface area contributed by atoms with Crippen molar-refractivity contribution >= 4 is 29.7 Å². The number of anilines is 3. The molecule has 4 rings (SSSR count). The fraction of sp³-hybridized carbons (Fsp3) is 0.545. The molecule has 2 aromatic rings. The highest BCUT2D eigenvalue weighted by Crippen LogP contribution is 2.22. The summed E-state index contributed by atoms with van der Waals surface area (Å²) in [7, 11) is 0. The summed E-state index contributed by atoms with van der Waals surface area (Å²) in [6, 6.07) is 6.33. The second-order valence-corrected chi connectivity index (χ2v) is 8.28. The van der Waals surface area contributed by atoms with E-state index in [0.29, 0.717) is 23.4 Å². The number of nitro groups is 1. The maximum Gasteiger partial charge on any atom is 0.270 e. The maximum atomic E-state index is 11.0. The zero-order valence-corrected chi connectivity index (χ0v) is 18.3. The van der Waals surface area contributed by atoms with Crippen LogP contribution in [0.1, 0.15) is 56.9 Å². The van der Waals surface area contributed by atoms with Gasteiger partial charge in [0.1, 0.15) is 0 Å². The van der Waals surface area contributed by atoms with E-state index in [-0.39, 0.29) is 5.69 Å². The minimum absolute atomic E-state index is 0.0287. The van der Waals surface area contributed by atoms with Gasteiger partial charge in [-0.05, 0) is 25.7 Å². The number of aromatic nitrogens is 3. The summed E-state index contributed by atoms with van der Waals surface area (Å²) >= 11 is 0. The Balaban J connectivity index is 1.56. The monoisotopic (exact) mass is 438 g/mol. The lowest BCUT2D eigenvalue weighted by Crippen LogP contribution is -2.30. The molecule has 0 amide bonds. The molecule has 10 nitrogen and oxygen atoms in total. The molecule has 1 N–H and O–H groups in total. The molecule has 2 aliphatic heterocycles. The van der Waals surface area contributed by atoms with Gasteiger partial charge in [0.25, 0.3) is 5.69 Å². The molecule has 0 bridgehead atoms. The van der Waals surface area contributed by atoms with Gasteiger partial charge in [-0.25, -0.2) is 5.43 Å². The molecule has 32 heavy (non-hydrogen) atoms. The Hall–Kier alpha value is -3.30. The molecule has 1 aromatic heterocycles. The lowest BCUT2D eigenvalue weighted by molar-refractivity contribution is -0.384. The Bertz CT molecular complexity index is 897. The summed E-state index contributed by atoms with van der Waals surface area (Å²) in [4.78, 5) is 29.1. The van der Waals surface area contributed by atoms with E-state index in [1.807, 2.05) is 0 Å². The Morgan fingerprint density at radius 2 is 1.44 bits per heavy atom. The molecule has 0 atom stereocenters. The fourth-order valence-corrected chi connectivity index (χ4v) is 4.11. The standard InChI is InChI=1S/C22H30N8O2/c31-30(32)19-11-9-10-18(16-19)17-23-27-20-24-21(28-12-5-1-2-6-13-28)26-22(25-20)29-14-7-3-4-8-15-29/h9-11,16-17H,1-8,12-15H2,(H,24,25,26,27). The van der Waals surface area contributed by atoms with E-state index in [4.69, 9.17) is 4.98 Å². The highest BCUT2D eigenvalue weighted by atomic mass is 16.6. The van der Waals surface area contributed by atoms with Crippen molar-refractivity contribution in [2.75, 3.05) is 41.4 Å². The molecule has 10 heteroatoms. The molecule has 2 fully saturated rings. The third-order valence-electron chi connectivity index (χ3n) is 5.85. The second kappa shape index (κ2) is 10.8. The van der Waals surface area contributed by atoms with Crippen molar-refractivity contribution in [2.45, 2.75) is 51.4 Å². The highest BCUT2D eigenvalue weighted by molar-refractivity contribution is 5.81. The van der Waals surface area contributed by atoms with Gasteiger partial charge >= 0.3 is 0 Å². The van der Waals surface area contributed by atoms with Crippen LogP contribution >= 0.6 is 0 Å². The van der Waals surface area contributed by atoms with Crippen LogP contribution in [0.3, 0.4) is 0 Å². The quantitative estimate of drug-likeness (QED) is 0.409. The topological polar surface area (TPSA) is 113 Å². The van der Waals surface area contributed by atoms with Gasteiger partial charge < -0.3 is 9.80 Å². The number of nitro benzene ring substituents is 1. The third kappa shape index (κ3) is 5.89. The molecule has 0 unspecified atom stereocenters. The minimum atomic E-state index is -0.419. The SMILES string of the molecule is O=[N+]([O-])c1cccc(C=NNc2nc(N3CCCCCC3)nc(N3CCCCCC3)n2)c1. The van der Waals surface area contributed by atoms with Crippen LogP contribution in [-0.4, -0.2) is 52.3 Å². The van der Waals surface area contributed by atoms with E-state index in [0.717, 1.165) is 51.9 Å². The number of rotatable bonds is 6. The lowest BCUT2D eigenvalue weighted by atomic mass is 10.2. The molecular formula is C22H30N8O2. The first-order valence-corrected chi connectivity index (χ1v) is 11.5. The molecule has 2 saturated heterocycles. The van der Waals surface area contributed by atoms with E-state index >= 15 is 0 Å². The van der Waals surface area contributed by atoms with Crippen molar-refractivity contribution in [1.29, 1.82) is 0 Å². The maximum absolute atomic E-state index is 11.0. The molecule has 0 spiro atoms. The summed E-state index contributed by atoms with van der Waals surface area (Å²) in [6.07, 6.45) is 11.0. The zero-order valence-electron chi connectivity index (χ0n) is 18.3. The van der Waals surface area contributed by atoms with E-state index in [9.17, 15) is 10.1 Å². The number of hydrazone groups is 1. The average molecular weight is 439 g/mol. The van der Waals surface area contributed by atoms with Gasteiger partial charge in [-0.15, -0.1) is 0 Å². The van der Waals surface area contributed by atoms with Crippen LogP contribution in [0.15, 0.2) is 29.4 Å². The Labute approximate surface area is 187 Å². The highest BCUT2D eigenvalue weighted by Gasteiger charge is 2.19. The van der Waals surface area contributed by atoms with Crippen LogP contribution in [0.25, 0.3) is 0 Å². The summed E-state index contributed by atoms with van der Waals surface area (Å²) in [5, 5.41) is 15.2. The van der Waals surface area contributed by atoms with Crippen LogP contribution in [0.4, 0.5) is 23.5 Å². The first kappa shape index (κ1) is 21.9. The van der Waals surface area contributed by atoms with Gasteiger partial charge in [-0.3, -0.25) is 10.1 Å². The molecular weight excluding hydrogens is 408 g/mol. The van der Waals surface area contributed by atoms with Crippen molar-refractivity contribution in [3.63, 3.8) is 0 Å². The predicted molar refractivity (Wildman–Crippen MR) is 126 cm³/mol. The number of benzene rings is 1. The van der Waals surface area contributed by atoms with Crippen molar-refractivity contribution in [3.05, 3.63) is 39.9 Å². The van der Waals surface area contributed by atoms with Gasteiger partial charge in [0, 0.05) is 43.9 Å². The number of nitrogens with one attached hydrogen (secondary N) is 1. The zero-order chi connectivity index (χ0) is 22.2. The van der Waals surface area contributed by atoms with Crippen molar-refractivity contribution in [1.82, 2.24) is 15.0 Å². The van der Waals surface area contributed by atoms with Gasteiger partial charge in [-0.2, -0.15) is 20.1 Å². The van der Waals surface area contributed by atoms with Gasteiger partial charge in [0.15, 0.2) is 0 Å². The molecule has 0 aliphatic carbocycles. The number of hydrogen-bond acceptors (Lipinski definition) is 9. The van der Waals surface area contributed by atoms with Crippen molar-refractivity contribution in [3.8, 4) is 0 Å². The number of non-ortho nitro benzene ring substituents is 1. The molecule has 0 radical (unpaired) electrons. The molecule has 0 saturated carbocycles. The fourth-order valence-electron chi connectivity index (χ4n) is 4.11. The largest absolute Gasteiger partial charge is 0.341 e. The van der Waals surface area contributed by atoms with E-state index < -0.39 is 4.92 Å². The number of nitrogens with zero attached hydrogens (tertiary/aromatic N) is 7. The van der Waals surface area contributed by atoms with Gasteiger partial charge in [-0.1, -0.05) is 37.8 Å². The lowest BCUT2D eigenvalue weighted by Gasteiger charge is -2.24. The third-order valence-corrected chi connectivity index (χ3v) is 5.85. The number of hydrogen-bond donors (Lipinski definition) is 1. The summed E-state index contributed by atoms with van der Waals surface area (Å²) in [6.45, 7) is 3.78. The smallest absolute Gasteiger partial charge is 0.270 e. The summed E-state index contributed by atoms with van der Waals surface area (Å²) in [5.41, 5.74) is 3.57. The first-order valence-electron chi connectivity index (χ1n) is 11.5. The van der Waals surface area contributed by atoms with Gasteiger partial charge in [0.05, 0.1) is 11.1 Å². The normalized spacial score (nSPS) is 17.8. The van der Waals surface area contributed by atoms with E-state index in [2.05, 4.69) is 30.3 Å². The minimum Gasteiger partial charge on any atom is -0.341 e. The average Bonchev–Trinajstić information content (AvgIpc) is 3.25. The molecule has 170 valence electrons. The predicted octanol–water partition coefficient (Wildman–Crippen LogP) is 3.99. The van der Waals surface area contributed by atoms with Gasteiger partial charge in [0.2, 0.25) is 17.8 Å². The Kier molecular flexibility index (Phi) is 7.42. The van der Waals surface area contributed by atoms with E-state index in [1.54, 1.807) is 12.1 Å². The van der Waals surface area contributed by atoms with Crippen LogP contribution in [0.2, 0.25) is 0 Å². The summed E-state index contributed by atoms with van der Waals surface area (Å²) < 4.78 is 0. The van der Waals surface area contributed by atoms with E-state index in [1.165, 1.54) is 44.0 Å². The van der Waals surface area contributed by atoms with Crippen molar-refractivity contribution in [2.24, 2.45) is 5.10 Å². The Morgan fingerprint density at radius 1 is 0.875 bits per heavy atom. The molecule has 1 aromatic carbocycles. The second-order valence-electron chi connectivity index (χ2n) is 8.28. The molecule has 2 aliphatic rings. The van der Waals surface area contributed by atoms with Crippen LogP contribution in [0.5, 0.6) is 0 Å². The first-order chi connectivity index (χ1) is 15.7.